The number of ether oxygens (including phenoxy) is 1. The Hall–Kier alpha value is -2.57. The number of aromatic nitrogens is 1. The Balaban J connectivity index is 2.51. The zero-order valence-electron chi connectivity index (χ0n) is 12.7. The van der Waals surface area contributed by atoms with Gasteiger partial charge in [0.15, 0.2) is 11.6 Å². The molecule has 1 aromatic carbocycles. The van der Waals surface area contributed by atoms with E-state index in [-0.39, 0.29) is 17.6 Å². The average Bonchev–Trinajstić information content (AvgIpc) is 2.83. The molecule has 0 aliphatic rings. The molecular weight excluding hydrogens is 289 g/mol. The molecule has 1 aromatic heterocycles. The van der Waals surface area contributed by atoms with E-state index in [0.29, 0.717) is 35.1 Å². The highest BCUT2D eigenvalue weighted by molar-refractivity contribution is 6.01. The van der Waals surface area contributed by atoms with E-state index in [9.17, 15) is 14.0 Å². The summed E-state index contributed by atoms with van der Waals surface area (Å²) < 4.78 is 18.8. The second-order valence-corrected chi connectivity index (χ2v) is 4.82. The summed E-state index contributed by atoms with van der Waals surface area (Å²) in [6, 6.07) is 2.85. The smallest absolute Gasteiger partial charge is 0.267 e. The van der Waals surface area contributed by atoms with E-state index in [0.717, 1.165) is 0 Å². The molecule has 0 saturated heterocycles. The summed E-state index contributed by atoms with van der Waals surface area (Å²) in [7, 11) is 2.90. The van der Waals surface area contributed by atoms with Gasteiger partial charge in [0.2, 0.25) is 5.91 Å². The van der Waals surface area contributed by atoms with E-state index in [1.54, 1.807) is 6.07 Å². The molecular formula is C15H18FN3O3. The van der Waals surface area contributed by atoms with Gasteiger partial charge in [-0.25, -0.2) is 4.39 Å². The van der Waals surface area contributed by atoms with Crippen LogP contribution >= 0.6 is 0 Å². The molecule has 3 N–H and O–H groups in total. The number of H-pyrrole nitrogens is 1. The number of carbonyl (C=O) groups is 2. The minimum absolute atomic E-state index is 0.107. The lowest BCUT2D eigenvalue weighted by atomic mass is 10.1. The molecule has 0 unspecified atom stereocenters. The van der Waals surface area contributed by atoms with Crippen LogP contribution in [0.3, 0.4) is 0 Å². The third kappa shape index (κ3) is 3.03. The van der Waals surface area contributed by atoms with E-state index in [1.807, 2.05) is 0 Å². The van der Waals surface area contributed by atoms with Crippen LogP contribution in [-0.4, -0.2) is 37.5 Å². The molecule has 0 aliphatic carbocycles. The molecule has 0 atom stereocenters. The van der Waals surface area contributed by atoms with Gasteiger partial charge in [-0.05, 0) is 18.1 Å². The number of benzene rings is 1. The zero-order valence-corrected chi connectivity index (χ0v) is 12.7. The monoisotopic (exact) mass is 307 g/mol. The SMILES string of the molecule is CNC(=O)c1[nH]c2cc(F)c(OC)cc2c1CCNC(C)=O. The van der Waals surface area contributed by atoms with E-state index >= 15 is 0 Å². The molecule has 2 aromatic rings. The second-order valence-electron chi connectivity index (χ2n) is 4.82. The standard InChI is InChI=1S/C15H18FN3O3/c1-8(20)18-5-4-9-10-6-13(22-3)11(16)7-12(10)19-14(9)15(21)17-2/h6-7,19H,4-5H2,1-3H3,(H,17,21)(H,18,20). The van der Waals surface area contributed by atoms with E-state index in [1.165, 1.54) is 27.1 Å². The number of nitrogens with one attached hydrogen (secondary N) is 3. The van der Waals surface area contributed by atoms with Crippen molar-refractivity contribution in [3.8, 4) is 5.75 Å². The number of hydrogen-bond acceptors (Lipinski definition) is 3. The fraction of sp³-hybridized carbons (Fsp3) is 0.333. The number of fused-ring (bicyclic) bond motifs is 1. The summed E-state index contributed by atoms with van der Waals surface area (Å²) in [4.78, 5) is 25.9. The van der Waals surface area contributed by atoms with Crippen molar-refractivity contribution < 1.29 is 18.7 Å². The van der Waals surface area contributed by atoms with Gasteiger partial charge in [-0.3, -0.25) is 9.59 Å². The fourth-order valence-corrected chi connectivity index (χ4v) is 2.35. The number of rotatable bonds is 5. The van der Waals surface area contributed by atoms with E-state index < -0.39 is 5.82 Å². The van der Waals surface area contributed by atoms with Gasteiger partial charge in [-0.1, -0.05) is 0 Å². The van der Waals surface area contributed by atoms with E-state index in [4.69, 9.17) is 4.74 Å². The summed E-state index contributed by atoms with van der Waals surface area (Å²) in [6.45, 7) is 1.80. The van der Waals surface area contributed by atoms with Gasteiger partial charge in [0.1, 0.15) is 5.69 Å². The van der Waals surface area contributed by atoms with Crippen LogP contribution in [0.4, 0.5) is 4.39 Å². The molecule has 0 bridgehead atoms. The normalized spacial score (nSPS) is 10.5. The lowest BCUT2D eigenvalue weighted by Gasteiger charge is -2.06. The molecule has 0 saturated carbocycles. The number of amides is 2. The van der Waals surface area contributed by atoms with Crippen LogP contribution in [-0.2, 0) is 11.2 Å². The van der Waals surface area contributed by atoms with Gasteiger partial charge in [0.05, 0.1) is 7.11 Å². The molecule has 0 aliphatic heterocycles. The first-order valence-electron chi connectivity index (χ1n) is 6.82. The number of hydrogen-bond donors (Lipinski definition) is 3. The van der Waals surface area contributed by atoms with Crippen LogP contribution in [0.1, 0.15) is 23.0 Å². The van der Waals surface area contributed by atoms with Crippen molar-refractivity contribution in [2.24, 2.45) is 0 Å². The van der Waals surface area contributed by atoms with Crippen LogP contribution in [0.15, 0.2) is 12.1 Å². The summed E-state index contributed by atoms with van der Waals surface area (Å²) >= 11 is 0. The Morgan fingerprint density at radius 3 is 2.68 bits per heavy atom. The number of methoxy groups -OCH3 is 1. The van der Waals surface area contributed by atoms with Crippen molar-refractivity contribution in [1.82, 2.24) is 15.6 Å². The Morgan fingerprint density at radius 1 is 1.36 bits per heavy atom. The lowest BCUT2D eigenvalue weighted by Crippen LogP contribution is -2.24. The average molecular weight is 307 g/mol. The molecule has 118 valence electrons. The highest BCUT2D eigenvalue weighted by Gasteiger charge is 2.19. The summed E-state index contributed by atoms with van der Waals surface area (Å²) in [6.07, 6.45) is 0.442. The third-order valence-electron chi connectivity index (χ3n) is 3.38. The van der Waals surface area contributed by atoms with Crippen molar-refractivity contribution in [2.75, 3.05) is 20.7 Å². The number of halogens is 1. The molecule has 7 heteroatoms. The number of carbonyl (C=O) groups excluding carboxylic acids is 2. The lowest BCUT2D eigenvalue weighted by molar-refractivity contribution is -0.118. The topological polar surface area (TPSA) is 83.2 Å². The van der Waals surface area contributed by atoms with Crippen LogP contribution in [0.25, 0.3) is 10.9 Å². The predicted octanol–water partition coefficient (Wildman–Crippen LogP) is 1.35. The van der Waals surface area contributed by atoms with Crippen molar-refractivity contribution in [3.63, 3.8) is 0 Å². The molecule has 0 radical (unpaired) electrons. The first-order valence-corrected chi connectivity index (χ1v) is 6.82. The highest BCUT2D eigenvalue weighted by atomic mass is 19.1. The Morgan fingerprint density at radius 2 is 2.09 bits per heavy atom. The molecule has 2 rings (SSSR count). The van der Waals surface area contributed by atoms with Gasteiger partial charge in [0.25, 0.3) is 5.91 Å². The summed E-state index contributed by atoms with van der Waals surface area (Å²) in [5.41, 5.74) is 1.58. The Kier molecular flexibility index (Phi) is 4.65. The van der Waals surface area contributed by atoms with Crippen molar-refractivity contribution in [1.29, 1.82) is 0 Å². The largest absolute Gasteiger partial charge is 0.494 e. The Labute approximate surface area is 127 Å². The fourth-order valence-electron chi connectivity index (χ4n) is 2.35. The first-order chi connectivity index (χ1) is 10.5. The van der Waals surface area contributed by atoms with Crippen LogP contribution in [0.5, 0.6) is 5.75 Å². The van der Waals surface area contributed by atoms with Gasteiger partial charge < -0.3 is 20.4 Å². The van der Waals surface area contributed by atoms with Gasteiger partial charge in [-0.2, -0.15) is 0 Å². The summed E-state index contributed by atoms with van der Waals surface area (Å²) in [5.74, 6) is -0.845. The molecule has 0 spiro atoms. The second kappa shape index (κ2) is 6.46. The molecule has 0 fully saturated rings. The zero-order chi connectivity index (χ0) is 16.3. The van der Waals surface area contributed by atoms with Crippen LogP contribution in [0, 0.1) is 5.82 Å². The van der Waals surface area contributed by atoms with Crippen LogP contribution in [0.2, 0.25) is 0 Å². The van der Waals surface area contributed by atoms with Gasteiger partial charge >= 0.3 is 0 Å². The van der Waals surface area contributed by atoms with Gasteiger partial charge in [-0.15, -0.1) is 0 Å². The van der Waals surface area contributed by atoms with E-state index in [2.05, 4.69) is 15.6 Å². The maximum absolute atomic E-state index is 13.8. The predicted molar refractivity (Wildman–Crippen MR) is 80.6 cm³/mol. The molecule has 22 heavy (non-hydrogen) atoms. The minimum Gasteiger partial charge on any atom is -0.494 e. The molecule has 2 amide bonds. The third-order valence-corrected chi connectivity index (χ3v) is 3.38. The van der Waals surface area contributed by atoms with Crippen molar-refractivity contribution in [3.05, 3.63) is 29.2 Å². The maximum Gasteiger partial charge on any atom is 0.267 e. The Bertz CT molecular complexity index is 724. The molecule has 1 heterocycles. The number of aromatic amines is 1. The molecule has 6 nitrogen and oxygen atoms in total. The quantitative estimate of drug-likeness (QED) is 0.780. The van der Waals surface area contributed by atoms with Gasteiger partial charge in [0, 0.05) is 37.5 Å². The minimum atomic E-state index is -0.506. The van der Waals surface area contributed by atoms with Crippen molar-refractivity contribution >= 4 is 22.7 Å². The first kappa shape index (κ1) is 15.8. The van der Waals surface area contributed by atoms with Crippen molar-refractivity contribution in [2.45, 2.75) is 13.3 Å². The van der Waals surface area contributed by atoms with Crippen LogP contribution < -0.4 is 15.4 Å². The maximum atomic E-state index is 13.8. The summed E-state index contributed by atoms with van der Waals surface area (Å²) in [5, 5.41) is 5.92. The highest BCUT2D eigenvalue weighted by Crippen LogP contribution is 2.29.